The standard InChI is InChI=1S/C20H22ClF3N2O3S/c1-4-19(2,3)25-18(27)13-26(30(28,29)15-8-6-5-7-9-15)14-10-11-17(21)16(12-14)20(22,23)24/h5-12H,4,13H2,1-3H3,(H,25,27). The molecule has 0 unspecified atom stereocenters. The maximum Gasteiger partial charge on any atom is 0.417 e. The number of rotatable bonds is 7. The van der Waals surface area contributed by atoms with E-state index in [1.54, 1.807) is 19.9 Å². The Morgan fingerprint density at radius 3 is 2.23 bits per heavy atom. The van der Waals surface area contributed by atoms with Crippen LogP contribution < -0.4 is 9.62 Å². The molecule has 2 aromatic rings. The summed E-state index contributed by atoms with van der Waals surface area (Å²) in [4.78, 5) is 12.4. The van der Waals surface area contributed by atoms with E-state index >= 15 is 0 Å². The van der Waals surface area contributed by atoms with Crippen molar-refractivity contribution in [3.63, 3.8) is 0 Å². The van der Waals surface area contributed by atoms with Crippen LogP contribution in [0.4, 0.5) is 18.9 Å². The maximum atomic E-state index is 13.3. The van der Waals surface area contributed by atoms with Crippen LogP contribution in [0.2, 0.25) is 5.02 Å². The number of amides is 1. The Balaban J connectivity index is 2.56. The summed E-state index contributed by atoms with van der Waals surface area (Å²) in [5.41, 5.74) is -2.12. The van der Waals surface area contributed by atoms with Crippen LogP contribution in [0.1, 0.15) is 32.8 Å². The summed E-state index contributed by atoms with van der Waals surface area (Å²) in [6.45, 7) is 4.66. The smallest absolute Gasteiger partial charge is 0.350 e. The number of benzene rings is 2. The van der Waals surface area contributed by atoms with Crippen LogP contribution in [-0.2, 0) is 21.0 Å². The minimum Gasteiger partial charge on any atom is -0.350 e. The molecule has 0 aliphatic heterocycles. The third-order valence-electron chi connectivity index (χ3n) is 4.52. The summed E-state index contributed by atoms with van der Waals surface area (Å²) in [7, 11) is -4.32. The zero-order chi connectivity index (χ0) is 22.7. The van der Waals surface area contributed by atoms with E-state index in [2.05, 4.69) is 5.32 Å². The zero-order valence-corrected chi connectivity index (χ0v) is 18.2. The second-order valence-electron chi connectivity index (χ2n) is 7.27. The van der Waals surface area contributed by atoms with Crippen molar-refractivity contribution in [1.82, 2.24) is 5.32 Å². The molecule has 0 heterocycles. The number of sulfonamides is 1. The number of hydrogen-bond acceptors (Lipinski definition) is 3. The van der Waals surface area contributed by atoms with Crippen LogP contribution in [0.15, 0.2) is 53.4 Å². The Kier molecular flexibility index (Phi) is 7.08. The van der Waals surface area contributed by atoms with Gasteiger partial charge in [-0.2, -0.15) is 13.2 Å². The molecule has 1 N–H and O–H groups in total. The lowest BCUT2D eigenvalue weighted by Crippen LogP contribution is -2.48. The highest BCUT2D eigenvalue weighted by Gasteiger charge is 2.35. The van der Waals surface area contributed by atoms with Crippen molar-refractivity contribution in [3.8, 4) is 0 Å². The molecule has 0 aromatic heterocycles. The van der Waals surface area contributed by atoms with Gasteiger partial charge in [-0.25, -0.2) is 8.42 Å². The molecule has 1 amide bonds. The van der Waals surface area contributed by atoms with Crippen molar-refractivity contribution in [1.29, 1.82) is 0 Å². The highest BCUT2D eigenvalue weighted by atomic mass is 35.5. The molecular formula is C20H22ClF3N2O3S. The minimum atomic E-state index is -4.79. The van der Waals surface area contributed by atoms with Crippen LogP contribution in [0, 0.1) is 0 Å². The number of hydrogen-bond donors (Lipinski definition) is 1. The molecule has 2 aromatic carbocycles. The van der Waals surface area contributed by atoms with Gasteiger partial charge in [0.15, 0.2) is 0 Å². The van der Waals surface area contributed by atoms with Gasteiger partial charge in [-0.15, -0.1) is 0 Å². The SMILES string of the molecule is CCC(C)(C)NC(=O)CN(c1ccc(Cl)c(C(F)(F)F)c1)S(=O)(=O)c1ccccc1. The van der Waals surface area contributed by atoms with Crippen molar-refractivity contribution in [2.24, 2.45) is 0 Å². The number of alkyl halides is 3. The van der Waals surface area contributed by atoms with E-state index < -0.39 is 44.8 Å². The Morgan fingerprint density at radius 2 is 1.70 bits per heavy atom. The molecule has 2 rings (SSSR count). The molecule has 0 bridgehead atoms. The summed E-state index contributed by atoms with van der Waals surface area (Å²) in [6, 6.07) is 9.89. The summed E-state index contributed by atoms with van der Waals surface area (Å²) in [5, 5.41) is 2.12. The fourth-order valence-electron chi connectivity index (χ4n) is 2.56. The van der Waals surface area contributed by atoms with Crippen molar-refractivity contribution in [2.45, 2.75) is 43.8 Å². The second kappa shape index (κ2) is 8.85. The van der Waals surface area contributed by atoms with Crippen LogP contribution in [0.5, 0.6) is 0 Å². The lowest BCUT2D eigenvalue weighted by Gasteiger charge is -2.29. The summed E-state index contributed by atoms with van der Waals surface area (Å²) < 4.78 is 66.9. The molecule has 0 atom stereocenters. The molecule has 0 saturated carbocycles. The number of anilines is 1. The molecule has 0 aliphatic rings. The van der Waals surface area contributed by atoms with Crippen molar-refractivity contribution >= 4 is 33.2 Å². The monoisotopic (exact) mass is 462 g/mol. The quantitative estimate of drug-likeness (QED) is 0.639. The number of carbonyl (C=O) groups is 1. The second-order valence-corrected chi connectivity index (χ2v) is 9.54. The predicted molar refractivity (Wildman–Crippen MR) is 110 cm³/mol. The molecule has 5 nitrogen and oxygen atoms in total. The third kappa shape index (κ3) is 5.66. The van der Waals surface area contributed by atoms with Gasteiger partial charge in [-0.1, -0.05) is 36.7 Å². The Labute approximate surface area is 178 Å². The number of carbonyl (C=O) groups excluding carboxylic acids is 1. The van der Waals surface area contributed by atoms with Crippen molar-refractivity contribution in [3.05, 3.63) is 59.1 Å². The van der Waals surface area contributed by atoms with Gasteiger partial charge in [0.05, 0.1) is 21.2 Å². The van der Waals surface area contributed by atoms with Gasteiger partial charge in [0.1, 0.15) is 6.54 Å². The molecule has 30 heavy (non-hydrogen) atoms. The number of nitrogens with one attached hydrogen (secondary N) is 1. The van der Waals surface area contributed by atoms with Gasteiger partial charge in [0.2, 0.25) is 5.91 Å². The zero-order valence-electron chi connectivity index (χ0n) is 16.6. The summed E-state index contributed by atoms with van der Waals surface area (Å²) >= 11 is 5.66. The fourth-order valence-corrected chi connectivity index (χ4v) is 4.21. The van der Waals surface area contributed by atoms with Gasteiger partial charge >= 0.3 is 6.18 Å². The average Bonchev–Trinajstić information content (AvgIpc) is 2.66. The molecule has 10 heteroatoms. The van der Waals surface area contributed by atoms with Crippen molar-refractivity contribution < 1.29 is 26.4 Å². The van der Waals surface area contributed by atoms with Gasteiger partial charge in [-0.05, 0) is 50.6 Å². The third-order valence-corrected chi connectivity index (χ3v) is 6.64. The molecule has 0 radical (unpaired) electrons. The number of halogens is 4. The predicted octanol–water partition coefficient (Wildman–Crippen LogP) is 4.86. The first-order valence-corrected chi connectivity index (χ1v) is 10.9. The molecule has 0 spiro atoms. The highest BCUT2D eigenvalue weighted by Crippen LogP contribution is 2.38. The van der Waals surface area contributed by atoms with E-state index in [4.69, 9.17) is 11.6 Å². The van der Waals surface area contributed by atoms with E-state index in [9.17, 15) is 26.4 Å². The lowest BCUT2D eigenvalue weighted by molar-refractivity contribution is -0.137. The lowest BCUT2D eigenvalue weighted by atomic mass is 10.0. The van der Waals surface area contributed by atoms with Crippen LogP contribution in [-0.4, -0.2) is 26.4 Å². The topological polar surface area (TPSA) is 66.5 Å². The fraction of sp³-hybridized carbons (Fsp3) is 0.350. The van der Waals surface area contributed by atoms with E-state index in [0.29, 0.717) is 16.8 Å². The van der Waals surface area contributed by atoms with Crippen molar-refractivity contribution in [2.75, 3.05) is 10.8 Å². The molecule has 0 fully saturated rings. The van der Waals surface area contributed by atoms with Gasteiger partial charge in [-0.3, -0.25) is 9.10 Å². The van der Waals surface area contributed by atoms with E-state index in [-0.39, 0.29) is 10.6 Å². The van der Waals surface area contributed by atoms with Crippen LogP contribution in [0.25, 0.3) is 0 Å². The number of nitrogens with zero attached hydrogens (tertiary/aromatic N) is 1. The van der Waals surface area contributed by atoms with Gasteiger partial charge < -0.3 is 5.32 Å². The maximum absolute atomic E-state index is 13.3. The molecule has 0 aliphatic carbocycles. The van der Waals surface area contributed by atoms with E-state index in [1.807, 2.05) is 6.92 Å². The first-order chi connectivity index (χ1) is 13.8. The first-order valence-electron chi connectivity index (χ1n) is 9.03. The first kappa shape index (κ1) is 24.0. The minimum absolute atomic E-state index is 0.156. The molecule has 0 saturated heterocycles. The average molecular weight is 463 g/mol. The van der Waals surface area contributed by atoms with Gasteiger partial charge in [0.25, 0.3) is 10.0 Å². The van der Waals surface area contributed by atoms with Crippen LogP contribution in [0.3, 0.4) is 0 Å². The Hall–Kier alpha value is -2.26. The normalized spacial score (nSPS) is 12.5. The Morgan fingerprint density at radius 1 is 1.10 bits per heavy atom. The molecule has 164 valence electrons. The summed E-state index contributed by atoms with van der Waals surface area (Å²) in [5.74, 6) is -0.648. The largest absolute Gasteiger partial charge is 0.417 e. The Bertz CT molecular complexity index is 1010. The highest BCUT2D eigenvalue weighted by molar-refractivity contribution is 7.92. The van der Waals surface area contributed by atoms with E-state index in [0.717, 1.165) is 12.1 Å². The molecular weight excluding hydrogens is 441 g/mol. The van der Waals surface area contributed by atoms with Gasteiger partial charge in [0, 0.05) is 5.54 Å². The summed E-state index contributed by atoms with van der Waals surface area (Å²) in [6.07, 6.45) is -4.22. The van der Waals surface area contributed by atoms with E-state index in [1.165, 1.54) is 24.3 Å². The van der Waals surface area contributed by atoms with Crippen LogP contribution >= 0.6 is 11.6 Å².